The van der Waals surface area contributed by atoms with Crippen LogP contribution >= 0.6 is 0 Å². The first-order chi connectivity index (χ1) is 26.8. The highest BCUT2D eigenvalue weighted by Gasteiger charge is 2.32. The lowest BCUT2D eigenvalue weighted by molar-refractivity contribution is 0.693. The van der Waals surface area contributed by atoms with Crippen molar-refractivity contribution in [3.05, 3.63) is 206 Å². The van der Waals surface area contributed by atoms with Crippen molar-refractivity contribution in [2.75, 3.05) is 0 Å². The molecule has 5 aromatic carbocycles. The Hall–Kier alpha value is -7.04. The van der Waals surface area contributed by atoms with Crippen LogP contribution in [-0.4, -0.2) is 19.9 Å². The zero-order chi connectivity index (χ0) is 35.8. The van der Waals surface area contributed by atoms with Gasteiger partial charge in [0.1, 0.15) is 0 Å². The fourth-order valence-electron chi connectivity index (χ4n) is 8.06. The second-order valence-electron chi connectivity index (χ2n) is 13.8. The molecule has 4 heteroatoms. The van der Waals surface area contributed by atoms with Crippen LogP contribution < -0.4 is 0 Å². The number of pyridine rings is 2. The number of fused-ring (bicyclic) bond motifs is 3. The minimum Gasteiger partial charge on any atom is -0.264 e. The van der Waals surface area contributed by atoms with Crippen LogP contribution in [0.1, 0.15) is 11.3 Å². The van der Waals surface area contributed by atoms with Crippen molar-refractivity contribution >= 4 is 33.0 Å². The van der Waals surface area contributed by atoms with E-state index in [0.717, 1.165) is 55.6 Å². The van der Waals surface area contributed by atoms with Crippen LogP contribution in [0.4, 0.5) is 0 Å². The summed E-state index contributed by atoms with van der Waals surface area (Å²) in [5, 5.41) is 2.33. The summed E-state index contributed by atoms with van der Waals surface area (Å²) in [4.78, 5) is 19.4. The quantitative estimate of drug-likeness (QED) is 0.174. The van der Waals surface area contributed by atoms with Gasteiger partial charge in [0.15, 0.2) is 0 Å². The SMILES string of the molecule is C1=CC2C(c3ccc(-c4cccnc4)cc3)=CC=CC2C(c2nc3ccccc3nc2-c2cccc3c(-c4ccc(-c5cccnc5)cc4)cccc23)=C1. The zero-order valence-electron chi connectivity index (χ0n) is 29.4. The van der Waals surface area contributed by atoms with Gasteiger partial charge in [0, 0.05) is 42.2 Å². The highest BCUT2D eigenvalue weighted by Crippen LogP contribution is 2.46. The van der Waals surface area contributed by atoms with Gasteiger partial charge in [-0.05, 0) is 85.1 Å². The number of aromatic nitrogens is 4. The maximum atomic E-state index is 5.41. The number of nitrogens with zero attached hydrogens (tertiary/aromatic N) is 4. The summed E-state index contributed by atoms with van der Waals surface area (Å²) in [6, 6.07) is 47.1. The minimum absolute atomic E-state index is 0.103. The monoisotopic (exact) mass is 690 g/mol. The molecule has 3 heterocycles. The molecule has 2 unspecified atom stereocenters. The Morgan fingerprint density at radius 2 is 0.889 bits per heavy atom. The minimum atomic E-state index is 0.103. The van der Waals surface area contributed by atoms with Crippen molar-refractivity contribution in [3.8, 4) is 44.6 Å². The van der Waals surface area contributed by atoms with Crippen molar-refractivity contribution in [3.63, 3.8) is 0 Å². The van der Waals surface area contributed by atoms with E-state index < -0.39 is 0 Å². The molecule has 54 heavy (non-hydrogen) atoms. The third kappa shape index (κ3) is 5.65. The van der Waals surface area contributed by atoms with E-state index in [-0.39, 0.29) is 11.8 Å². The number of hydrogen-bond donors (Lipinski definition) is 0. The lowest BCUT2D eigenvalue weighted by atomic mass is 9.72. The first-order valence-corrected chi connectivity index (χ1v) is 18.4. The highest BCUT2D eigenvalue weighted by atomic mass is 14.8. The van der Waals surface area contributed by atoms with Gasteiger partial charge in [-0.25, -0.2) is 9.97 Å². The molecule has 0 saturated heterocycles. The molecule has 0 aliphatic heterocycles. The van der Waals surface area contributed by atoms with Gasteiger partial charge < -0.3 is 0 Å². The van der Waals surface area contributed by atoms with Crippen molar-refractivity contribution in [2.45, 2.75) is 0 Å². The van der Waals surface area contributed by atoms with Crippen LogP contribution in [0.15, 0.2) is 195 Å². The molecule has 254 valence electrons. The van der Waals surface area contributed by atoms with E-state index in [9.17, 15) is 0 Å². The first kappa shape index (κ1) is 31.7. The number of allylic oxidation sites excluding steroid dienone is 8. The van der Waals surface area contributed by atoms with Crippen LogP contribution in [0, 0.1) is 11.8 Å². The van der Waals surface area contributed by atoms with Crippen LogP contribution in [0.5, 0.6) is 0 Å². The molecule has 0 fully saturated rings. The molecule has 8 aromatic rings. The van der Waals surface area contributed by atoms with Gasteiger partial charge in [0.25, 0.3) is 0 Å². The van der Waals surface area contributed by atoms with E-state index in [2.05, 4.69) is 156 Å². The number of rotatable bonds is 6. The van der Waals surface area contributed by atoms with E-state index in [1.54, 1.807) is 6.20 Å². The van der Waals surface area contributed by atoms with E-state index >= 15 is 0 Å². The van der Waals surface area contributed by atoms with Crippen molar-refractivity contribution in [1.29, 1.82) is 0 Å². The van der Waals surface area contributed by atoms with Crippen molar-refractivity contribution in [2.24, 2.45) is 11.8 Å². The van der Waals surface area contributed by atoms with Crippen LogP contribution in [0.2, 0.25) is 0 Å². The molecule has 0 amide bonds. The van der Waals surface area contributed by atoms with Crippen molar-refractivity contribution in [1.82, 2.24) is 19.9 Å². The molecule has 0 spiro atoms. The lowest BCUT2D eigenvalue weighted by Gasteiger charge is -2.32. The van der Waals surface area contributed by atoms with Gasteiger partial charge >= 0.3 is 0 Å². The van der Waals surface area contributed by atoms with Gasteiger partial charge in [-0.1, -0.05) is 146 Å². The predicted molar refractivity (Wildman–Crippen MR) is 222 cm³/mol. The molecule has 0 radical (unpaired) electrons. The Kier molecular flexibility index (Phi) is 7.92. The van der Waals surface area contributed by atoms with Crippen LogP contribution in [-0.2, 0) is 0 Å². The Labute approximate surface area is 314 Å². The average molecular weight is 691 g/mol. The molecular weight excluding hydrogens is 657 g/mol. The number of para-hydroxylation sites is 2. The Morgan fingerprint density at radius 1 is 0.370 bits per heavy atom. The summed E-state index contributed by atoms with van der Waals surface area (Å²) in [6.45, 7) is 0. The Bertz CT molecular complexity index is 2800. The molecule has 2 atom stereocenters. The first-order valence-electron chi connectivity index (χ1n) is 18.4. The van der Waals surface area contributed by atoms with E-state index in [0.29, 0.717) is 0 Å². The molecule has 10 rings (SSSR count). The summed E-state index contributed by atoms with van der Waals surface area (Å²) in [7, 11) is 0. The maximum absolute atomic E-state index is 5.41. The second kappa shape index (κ2) is 13.5. The summed E-state index contributed by atoms with van der Waals surface area (Å²) < 4.78 is 0. The highest BCUT2D eigenvalue weighted by molar-refractivity contribution is 6.06. The van der Waals surface area contributed by atoms with Gasteiger partial charge in [-0.15, -0.1) is 0 Å². The van der Waals surface area contributed by atoms with Gasteiger partial charge in [-0.3, -0.25) is 9.97 Å². The van der Waals surface area contributed by atoms with Crippen molar-refractivity contribution < 1.29 is 0 Å². The maximum Gasteiger partial charge on any atom is 0.0976 e. The molecule has 2 aliphatic carbocycles. The smallest absolute Gasteiger partial charge is 0.0976 e. The largest absolute Gasteiger partial charge is 0.264 e. The topological polar surface area (TPSA) is 51.6 Å². The molecule has 0 N–H and O–H groups in total. The lowest BCUT2D eigenvalue weighted by Crippen LogP contribution is -2.20. The van der Waals surface area contributed by atoms with Gasteiger partial charge in [-0.2, -0.15) is 0 Å². The molecular formula is C50H34N4. The number of benzene rings is 5. The van der Waals surface area contributed by atoms with E-state index in [1.165, 1.54) is 33.2 Å². The molecule has 2 aliphatic rings. The average Bonchev–Trinajstić information content (AvgIpc) is 3.26. The van der Waals surface area contributed by atoms with Crippen LogP contribution in [0.25, 0.3) is 77.6 Å². The van der Waals surface area contributed by atoms with Gasteiger partial charge in [0.05, 0.1) is 22.4 Å². The van der Waals surface area contributed by atoms with Gasteiger partial charge in [0.2, 0.25) is 0 Å². The normalized spacial score (nSPS) is 16.2. The third-order valence-corrected chi connectivity index (χ3v) is 10.7. The summed E-state index contributed by atoms with van der Waals surface area (Å²) in [5.41, 5.74) is 15.2. The number of hydrogen-bond acceptors (Lipinski definition) is 4. The molecule has 3 aromatic heterocycles. The van der Waals surface area contributed by atoms with Crippen LogP contribution in [0.3, 0.4) is 0 Å². The zero-order valence-corrected chi connectivity index (χ0v) is 29.4. The Balaban J connectivity index is 1.06. The summed E-state index contributed by atoms with van der Waals surface area (Å²) in [6.07, 6.45) is 21.0. The molecule has 4 nitrogen and oxygen atoms in total. The summed E-state index contributed by atoms with van der Waals surface area (Å²) in [5.74, 6) is 0.264. The van der Waals surface area contributed by atoms with E-state index in [1.807, 2.05) is 42.9 Å². The fraction of sp³-hybridized carbons (Fsp3) is 0.0400. The molecule has 0 saturated carbocycles. The second-order valence-corrected chi connectivity index (χ2v) is 13.8. The van der Waals surface area contributed by atoms with E-state index in [4.69, 9.17) is 9.97 Å². The fourth-order valence-corrected chi connectivity index (χ4v) is 8.06. The third-order valence-electron chi connectivity index (χ3n) is 10.7. The Morgan fingerprint density at radius 3 is 1.50 bits per heavy atom. The predicted octanol–water partition coefficient (Wildman–Crippen LogP) is 12.1. The summed E-state index contributed by atoms with van der Waals surface area (Å²) >= 11 is 0. The standard InChI is InChI=1S/C50H34N4/c1-2-20-48-47(19-1)53-49(45-17-5-13-41-39(11-3-15-43(41)45)35-25-21-33(22-26-35)37-9-7-29-51-31-37)50(54-48)46-18-6-14-42-40(12-4-16-44(42)46)36-27-23-34(24-28-36)38-10-8-30-52-32-38/h1-32,41,43H. The molecule has 0 bridgehead atoms.